The van der Waals surface area contributed by atoms with Gasteiger partial charge in [-0.25, -0.2) is 26.4 Å². The molecule has 1 saturated heterocycles. The van der Waals surface area contributed by atoms with Crippen molar-refractivity contribution in [3.63, 3.8) is 0 Å². The lowest BCUT2D eigenvalue weighted by Crippen LogP contribution is -2.35. The summed E-state index contributed by atoms with van der Waals surface area (Å²) in [7, 11) is -3.84. The SMILES string of the molecule is O=C(COC(=O)c1cc(S(=O)(=O)N2CCCCC2)ccc1Cl)Nc1ccc(F)c(F)c1F. The van der Waals surface area contributed by atoms with Gasteiger partial charge in [0.05, 0.1) is 21.2 Å². The van der Waals surface area contributed by atoms with E-state index >= 15 is 0 Å². The van der Waals surface area contributed by atoms with Crippen LogP contribution in [0.2, 0.25) is 5.02 Å². The van der Waals surface area contributed by atoms with E-state index in [0.717, 1.165) is 31.4 Å². The second kappa shape index (κ2) is 9.88. The van der Waals surface area contributed by atoms with Crippen molar-refractivity contribution in [1.29, 1.82) is 0 Å². The first kappa shape index (κ1) is 24.0. The Morgan fingerprint density at radius 2 is 1.72 bits per heavy atom. The fourth-order valence-corrected chi connectivity index (χ4v) is 4.83. The number of esters is 1. The molecule has 1 amide bonds. The molecule has 7 nitrogen and oxygen atoms in total. The zero-order chi connectivity index (χ0) is 23.5. The second-order valence-electron chi connectivity index (χ2n) is 6.95. The number of piperidine rings is 1. The molecule has 0 atom stereocenters. The molecule has 0 bridgehead atoms. The Morgan fingerprint density at radius 1 is 1.03 bits per heavy atom. The number of carbonyl (C=O) groups excluding carboxylic acids is 2. The Morgan fingerprint density at radius 3 is 2.41 bits per heavy atom. The molecule has 0 aromatic heterocycles. The number of carbonyl (C=O) groups is 2. The Bertz CT molecular complexity index is 1150. The topological polar surface area (TPSA) is 92.8 Å². The van der Waals surface area contributed by atoms with Crippen molar-refractivity contribution in [2.45, 2.75) is 24.2 Å². The number of hydrogen-bond acceptors (Lipinski definition) is 5. The molecule has 32 heavy (non-hydrogen) atoms. The Hall–Kier alpha value is -2.63. The van der Waals surface area contributed by atoms with Gasteiger partial charge in [-0.1, -0.05) is 18.0 Å². The van der Waals surface area contributed by atoms with E-state index in [2.05, 4.69) is 0 Å². The van der Waals surface area contributed by atoms with Gasteiger partial charge < -0.3 is 10.1 Å². The van der Waals surface area contributed by atoms with Crippen LogP contribution in [0.4, 0.5) is 18.9 Å². The van der Waals surface area contributed by atoms with Crippen LogP contribution in [0.15, 0.2) is 35.2 Å². The highest BCUT2D eigenvalue weighted by atomic mass is 35.5. The number of anilines is 1. The smallest absolute Gasteiger partial charge is 0.340 e. The van der Waals surface area contributed by atoms with E-state index in [1.54, 1.807) is 0 Å². The third-order valence-electron chi connectivity index (χ3n) is 4.75. The Balaban J connectivity index is 1.69. The van der Waals surface area contributed by atoms with Gasteiger partial charge in [0, 0.05) is 13.1 Å². The van der Waals surface area contributed by atoms with Gasteiger partial charge in [-0.15, -0.1) is 0 Å². The van der Waals surface area contributed by atoms with Crippen LogP contribution in [0.1, 0.15) is 29.6 Å². The minimum Gasteiger partial charge on any atom is -0.452 e. The first-order valence-corrected chi connectivity index (χ1v) is 11.3. The third-order valence-corrected chi connectivity index (χ3v) is 6.98. The molecule has 1 heterocycles. The molecule has 0 spiro atoms. The number of ether oxygens (including phenoxy) is 1. The normalized spacial score (nSPS) is 14.8. The number of nitrogens with one attached hydrogen (secondary N) is 1. The largest absolute Gasteiger partial charge is 0.452 e. The maximum atomic E-state index is 13.6. The minimum absolute atomic E-state index is 0.0975. The van der Waals surface area contributed by atoms with Crippen molar-refractivity contribution in [3.05, 3.63) is 58.4 Å². The number of rotatable bonds is 6. The van der Waals surface area contributed by atoms with E-state index in [0.29, 0.717) is 19.2 Å². The van der Waals surface area contributed by atoms with Gasteiger partial charge in [-0.2, -0.15) is 4.31 Å². The summed E-state index contributed by atoms with van der Waals surface area (Å²) in [6, 6.07) is 4.97. The number of halogens is 4. The lowest BCUT2D eigenvalue weighted by molar-refractivity contribution is -0.119. The molecule has 1 aliphatic heterocycles. The summed E-state index contributed by atoms with van der Waals surface area (Å²) in [6.07, 6.45) is 2.39. The zero-order valence-corrected chi connectivity index (χ0v) is 18.1. The maximum Gasteiger partial charge on any atom is 0.340 e. The summed E-state index contributed by atoms with van der Waals surface area (Å²) in [5.41, 5.74) is -0.922. The van der Waals surface area contributed by atoms with Crippen molar-refractivity contribution in [2.24, 2.45) is 0 Å². The quantitative estimate of drug-likeness (QED) is 0.492. The van der Waals surface area contributed by atoms with E-state index in [1.807, 2.05) is 5.32 Å². The van der Waals surface area contributed by atoms with E-state index < -0.39 is 51.6 Å². The molecule has 1 aliphatic rings. The first-order valence-electron chi connectivity index (χ1n) is 9.51. The first-order chi connectivity index (χ1) is 15.1. The van der Waals surface area contributed by atoms with Crippen LogP contribution in [0.3, 0.4) is 0 Å². The van der Waals surface area contributed by atoms with Crippen LogP contribution in [0.5, 0.6) is 0 Å². The van der Waals surface area contributed by atoms with Crippen LogP contribution in [0, 0.1) is 17.5 Å². The molecule has 1 N–H and O–H groups in total. The highest BCUT2D eigenvalue weighted by Gasteiger charge is 2.27. The number of benzene rings is 2. The maximum absolute atomic E-state index is 13.6. The predicted octanol–water partition coefficient (Wildman–Crippen LogP) is 3.73. The van der Waals surface area contributed by atoms with Gasteiger partial charge in [-0.3, -0.25) is 4.79 Å². The second-order valence-corrected chi connectivity index (χ2v) is 9.30. The van der Waals surface area contributed by atoms with Gasteiger partial charge >= 0.3 is 5.97 Å². The third kappa shape index (κ3) is 5.22. The molecule has 2 aromatic rings. The zero-order valence-electron chi connectivity index (χ0n) is 16.5. The molecule has 1 fully saturated rings. The van der Waals surface area contributed by atoms with Crippen LogP contribution in [-0.4, -0.2) is 44.3 Å². The summed E-state index contributed by atoms with van der Waals surface area (Å²) in [5.74, 6) is -6.93. The van der Waals surface area contributed by atoms with Crippen LogP contribution >= 0.6 is 11.6 Å². The van der Waals surface area contributed by atoms with Gasteiger partial charge in [0.1, 0.15) is 0 Å². The summed E-state index contributed by atoms with van der Waals surface area (Å²) >= 11 is 5.99. The standard InChI is InChI=1S/C20H18ClF3N2O5S/c21-14-5-4-12(32(29,30)26-8-2-1-3-9-26)10-13(14)20(28)31-11-17(27)25-16-7-6-15(22)18(23)19(16)24/h4-7,10H,1-3,8-9,11H2,(H,25,27). The Kier molecular flexibility index (Phi) is 7.42. The molecule has 0 radical (unpaired) electrons. The van der Waals surface area contributed by atoms with E-state index in [1.165, 1.54) is 16.4 Å². The molecule has 3 rings (SSSR count). The number of hydrogen-bond donors (Lipinski definition) is 1. The van der Waals surface area contributed by atoms with Crippen molar-refractivity contribution in [3.8, 4) is 0 Å². The lowest BCUT2D eigenvalue weighted by Gasteiger charge is -2.26. The molecule has 0 unspecified atom stereocenters. The summed E-state index contributed by atoms with van der Waals surface area (Å²) in [6.45, 7) is -0.173. The average Bonchev–Trinajstić information content (AvgIpc) is 2.78. The van der Waals surface area contributed by atoms with E-state index in [4.69, 9.17) is 16.3 Å². The van der Waals surface area contributed by atoms with Crippen molar-refractivity contribution in [2.75, 3.05) is 25.0 Å². The highest BCUT2D eigenvalue weighted by molar-refractivity contribution is 7.89. The van der Waals surface area contributed by atoms with Gasteiger partial charge in [0.2, 0.25) is 10.0 Å². The van der Waals surface area contributed by atoms with E-state index in [9.17, 15) is 31.2 Å². The van der Waals surface area contributed by atoms with Crippen LogP contribution in [-0.2, 0) is 19.6 Å². The molecule has 2 aromatic carbocycles. The number of sulfonamides is 1. The van der Waals surface area contributed by atoms with Crippen molar-refractivity contribution < 1.29 is 35.9 Å². The molecule has 12 heteroatoms. The Labute approximate surface area is 187 Å². The van der Waals surface area contributed by atoms with E-state index in [-0.39, 0.29) is 15.5 Å². The number of nitrogens with zero attached hydrogens (tertiary/aromatic N) is 1. The monoisotopic (exact) mass is 490 g/mol. The van der Waals surface area contributed by atoms with Gasteiger partial charge in [-0.05, 0) is 43.2 Å². The van der Waals surface area contributed by atoms with Gasteiger partial charge in [0.25, 0.3) is 5.91 Å². The van der Waals surface area contributed by atoms with Crippen LogP contribution in [0.25, 0.3) is 0 Å². The highest BCUT2D eigenvalue weighted by Crippen LogP contribution is 2.26. The molecular weight excluding hydrogens is 473 g/mol. The van der Waals surface area contributed by atoms with Gasteiger partial charge in [0.15, 0.2) is 24.1 Å². The minimum atomic E-state index is -3.84. The summed E-state index contributed by atoms with van der Waals surface area (Å²) < 4.78 is 71.6. The molecule has 172 valence electrons. The number of amides is 1. The lowest BCUT2D eigenvalue weighted by atomic mass is 10.2. The van der Waals surface area contributed by atoms with Crippen LogP contribution < -0.4 is 5.32 Å². The fourth-order valence-electron chi connectivity index (χ4n) is 3.09. The van der Waals surface area contributed by atoms with Crippen molar-refractivity contribution in [1.82, 2.24) is 4.31 Å². The average molecular weight is 491 g/mol. The molecular formula is C20H18ClF3N2O5S. The molecule has 0 aliphatic carbocycles. The fraction of sp³-hybridized carbons (Fsp3) is 0.300. The summed E-state index contributed by atoms with van der Waals surface area (Å²) in [5, 5.41) is 1.85. The summed E-state index contributed by atoms with van der Waals surface area (Å²) in [4.78, 5) is 24.1. The van der Waals surface area contributed by atoms with Crippen molar-refractivity contribution >= 4 is 39.2 Å². The predicted molar refractivity (Wildman–Crippen MR) is 109 cm³/mol. The molecule has 0 saturated carbocycles.